The number of likely N-dealkylation sites (N-methyl/N-ethyl adjacent to an activating group) is 1. The fraction of sp³-hybridized carbons (Fsp3) is 0.385. The van der Waals surface area contributed by atoms with E-state index in [2.05, 4.69) is 10.6 Å². The highest BCUT2D eigenvalue weighted by molar-refractivity contribution is 5.99. The quantitative estimate of drug-likeness (QED) is 0.759. The molecule has 0 spiro atoms. The second-order valence-electron chi connectivity index (χ2n) is 4.66. The minimum Gasteiger partial charge on any atom is -0.478 e. The zero-order valence-corrected chi connectivity index (χ0v) is 11.0. The second kappa shape index (κ2) is 5.18. The van der Waals surface area contributed by atoms with Crippen molar-refractivity contribution in [3.8, 4) is 0 Å². The van der Waals surface area contributed by atoms with Gasteiger partial charge in [0, 0.05) is 5.69 Å². The van der Waals surface area contributed by atoms with Crippen LogP contribution < -0.4 is 10.6 Å². The first-order chi connectivity index (χ1) is 8.27. The summed E-state index contributed by atoms with van der Waals surface area (Å²) >= 11 is 0. The van der Waals surface area contributed by atoms with Gasteiger partial charge in [-0.15, -0.1) is 0 Å². The van der Waals surface area contributed by atoms with E-state index in [0.717, 1.165) is 0 Å². The number of carboxylic acids is 1. The molecule has 0 fully saturated rings. The Kier molecular flexibility index (Phi) is 4.08. The summed E-state index contributed by atoms with van der Waals surface area (Å²) in [5, 5.41) is 14.6. The van der Waals surface area contributed by atoms with Crippen molar-refractivity contribution < 1.29 is 14.7 Å². The van der Waals surface area contributed by atoms with E-state index in [4.69, 9.17) is 5.11 Å². The lowest BCUT2D eigenvalue weighted by atomic mass is 10.0. The molecule has 18 heavy (non-hydrogen) atoms. The molecule has 1 aromatic carbocycles. The van der Waals surface area contributed by atoms with Crippen LogP contribution in [0.15, 0.2) is 18.2 Å². The Bertz CT molecular complexity index is 481. The smallest absolute Gasteiger partial charge is 0.336 e. The van der Waals surface area contributed by atoms with Crippen molar-refractivity contribution in [1.82, 2.24) is 5.32 Å². The molecule has 0 aliphatic rings. The van der Waals surface area contributed by atoms with Crippen LogP contribution in [0.3, 0.4) is 0 Å². The number of aryl methyl sites for hydroxylation is 1. The van der Waals surface area contributed by atoms with Crippen molar-refractivity contribution in [2.45, 2.75) is 26.3 Å². The van der Waals surface area contributed by atoms with Gasteiger partial charge in [0.05, 0.1) is 11.1 Å². The van der Waals surface area contributed by atoms with E-state index in [1.54, 1.807) is 40.0 Å². The van der Waals surface area contributed by atoms with Crippen LogP contribution in [0.1, 0.15) is 29.8 Å². The van der Waals surface area contributed by atoms with E-state index in [1.165, 1.54) is 6.07 Å². The Morgan fingerprint density at radius 1 is 1.28 bits per heavy atom. The number of carbonyl (C=O) groups is 2. The van der Waals surface area contributed by atoms with Crippen molar-refractivity contribution in [2.75, 3.05) is 12.4 Å². The fourth-order valence-electron chi connectivity index (χ4n) is 1.33. The van der Waals surface area contributed by atoms with Gasteiger partial charge in [0.2, 0.25) is 5.91 Å². The van der Waals surface area contributed by atoms with Gasteiger partial charge in [-0.1, -0.05) is 6.07 Å². The van der Waals surface area contributed by atoms with Crippen molar-refractivity contribution in [2.24, 2.45) is 0 Å². The number of carboxylic acid groups (broad SMARTS) is 1. The monoisotopic (exact) mass is 250 g/mol. The largest absolute Gasteiger partial charge is 0.478 e. The lowest BCUT2D eigenvalue weighted by molar-refractivity contribution is -0.121. The maximum atomic E-state index is 11.9. The number of benzene rings is 1. The molecule has 0 atom stereocenters. The number of rotatable bonds is 4. The molecular formula is C13H18N2O3. The Hall–Kier alpha value is -1.88. The molecule has 98 valence electrons. The molecule has 0 saturated carbocycles. The summed E-state index contributed by atoms with van der Waals surface area (Å²) in [4.78, 5) is 22.9. The third kappa shape index (κ3) is 3.07. The van der Waals surface area contributed by atoms with Crippen molar-refractivity contribution in [3.05, 3.63) is 29.3 Å². The first kappa shape index (κ1) is 14.2. The van der Waals surface area contributed by atoms with Crippen LogP contribution in [0.2, 0.25) is 0 Å². The molecule has 0 heterocycles. The molecule has 1 amide bonds. The van der Waals surface area contributed by atoms with Crippen LogP contribution in [0.25, 0.3) is 0 Å². The van der Waals surface area contributed by atoms with E-state index >= 15 is 0 Å². The van der Waals surface area contributed by atoms with Gasteiger partial charge in [-0.2, -0.15) is 0 Å². The third-order valence-electron chi connectivity index (χ3n) is 2.92. The summed E-state index contributed by atoms with van der Waals surface area (Å²) in [7, 11) is 1.69. The van der Waals surface area contributed by atoms with Gasteiger partial charge in [-0.25, -0.2) is 4.79 Å². The van der Waals surface area contributed by atoms with Crippen LogP contribution in [0, 0.1) is 6.92 Å². The number of amides is 1. The molecule has 0 radical (unpaired) electrons. The minimum atomic E-state index is -1.00. The summed E-state index contributed by atoms with van der Waals surface area (Å²) in [5.74, 6) is -1.22. The van der Waals surface area contributed by atoms with Crippen molar-refractivity contribution in [1.29, 1.82) is 0 Å². The highest BCUT2D eigenvalue weighted by atomic mass is 16.4. The number of nitrogens with one attached hydrogen (secondary N) is 2. The molecule has 5 heteroatoms. The van der Waals surface area contributed by atoms with Crippen LogP contribution >= 0.6 is 0 Å². The van der Waals surface area contributed by atoms with E-state index in [0.29, 0.717) is 11.3 Å². The van der Waals surface area contributed by atoms with Crippen LogP contribution in [-0.2, 0) is 4.79 Å². The predicted molar refractivity (Wildman–Crippen MR) is 69.9 cm³/mol. The molecule has 5 nitrogen and oxygen atoms in total. The summed E-state index contributed by atoms with van der Waals surface area (Å²) < 4.78 is 0. The molecule has 0 unspecified atom stereocenters. The molecule has 0 aromatic heterocycles. The van der Waals surface area contributed by atoms with Gasteiger partial charge < -0.3 is 15.7 Å². The average molecular weight is 250 g/mol. The van der Waals surface area contributed by atoms with Gasteiger partial charge in [0.25, 0.3) is 0 Å². The topological polar surface area (TPSA) is 78.4 Å². The third-order valence-corrected chi connectivity index (χ3v) is 2.92. The summed E-state index contributed by atoms with van der Waals surface area (Å²) in [6, 6.07) is 4.82. The highest BCUT2D eigenvalue weighted by Gasteiger charge is 2.25. The predicted octanol–water partition coefficient (Wildman–Crippen LogP) is 1.63. The molecule has 3 N–H and O–H groups in total. The lowest BCUT2D eigenvalue weighted by Gasteiger charge is -2.22. The normalized spacial score (nSPS) is 11.1. The molecule has 0 saturated heterocycles. The summed E-state index contributed by atoms with van der Waals surface area (Å²) in [6.45, 7) is 5.20. The van der Waals surface area contributed by atoms with Crippen molar-refractivity contribution in [3.63, 3.8) is 0 Å². The summed E-state index contributed by atoms with van der Waals surface area (Å²) in [6.07, 6.45) is 0. The number of aromatic carboxylic acids is 1. The zero-order valence-electron chi connectivity index (χ0n) is 11.0. The minimum absolute atomic E-state index is 0.190. The Morgan fingerprint density at radius 3 is 2.39 bits per heavy atom. The SMILES string of the molecule is CNC(C)(C)C(=O)Nc1ccc(C)c(C(=O)O)c1. The van der Waals surface area contributed by atoms with E-state index < -0.39 is 11.5 Å². The molecule has 0 aliphatic carbocycles. The van der Waals surface area contributed by atoms with Crippen molar-refractivity contribution >= 4 is 17.6 Å². The Balaban J connectivity index is 2.96. The first-order valence-corrected chi connectivity index (χ1v) is 5.62. The van der Waals surface area contributed by atoms with E-state index in [1.807, 2.05) is 0 Å². The van der Waals surface area contributed by atoms with Gasteiger partial charge in [-0.3, -0.25) is 4.79 Å². The summed E-state index contributed by atoms with van der Waals surface area (Å²) in [5.41, 5.74) is 0.614. The number of hydrogen-bond donors (Lipinski definition) is 3. The van der Waals surface area contributed by atoms with Gasteiger partial charge in [0.1, 0.15) is 0 Å². The molecular weight excluding hydrogens is 232 g/mol. The van der Waals surface area contributed by atoms with Crippen LogP contribution in [0.5, 0.6) is 0 Å². The van der Waals surface area contributed by atoms with E-state index in [9.17, 15) is 9.59 Å². The van der Waals surface area contributed by atoms with Gasteiger partial charge >= 0.3 is 5.97 Å². The number of anilines is 1. The molecule has 0 aliphatic heterocycles. The second-order valence-corrected chi connectivity index (χ2v) is 4.66. The Labute approximate surface area is 106 Å². The van der Waals surface area contributed by atoms with Crippen LogP contribution in [-0.4, -0.2) is 29.6 Å². The standard InChI is InChI=1S/C13H18N2O3/c1-8-5-6-9(7-10(8)11(16)17)15-12(18)13(2,3)14-4/h5-7,14H,1-4H3,(H,15,18)(H,16,17). The molecule has 1 rings (SSSR count). The van der Waals surface area contributed by atoms with Crippen LogP contribution in [0.4, 0.5) is 5.69 Å². The first-order valence-electron chi connectivity index (χ1n) is 5.62. The highest BCUT2D eigenvalue weighted by Crippen LogP contribution is 2.16. The maximum Gasteiger partial charge on any atom is 0.336 e. The molecule has 1 aromatic rings. The lowest BCUT2D eigenvalue weighted by Crippen LogP contribution is -2.47. The number of hydrogen-bond acceptors (Lipinski definition) is 3. The molecule has 0 bridgehead atoms. The Morgan fingerprint density at radius 2 is 1.89 bits per heavy atom. The van der Waals surface area contributed by atoms with Gasteiger partial charge in [-0.05, 0) is 45.5 Å². The zero-order chi connectivity index (χ0) is 13.9. The van der Waals surface area contributed by atoms with Gasteiger partial charge in [0.15, 0.2) is 0 Å². The maximum absolute atomic E-state index is 11.9. The van der Waals surface area contributed by atoms with E-state index in [-0.39, 0.29) is 11.5 Å². The number of carbonyl (C=O) groups excluding carboxylic acids is 1. The fourth-order valence-corrected chi connectivity index (χ4v) is 1.33. The average Bonchev–Trinajstić information content (AvgIpc) is 2.31.